The molecule has 0 bridgehead atoms. The van der Waals surface area contributed by atoms with Crippen molar-refractivity contribution in [3.8, 4) is 0 Å². The molecule has 1 fully saturated rings. The van der Waals surface area contributed by atoms with Crippen LogP contribution in [0.3, 0.4) is 0 Å². The summed E-state index contributed by atoms with van der Waals surface area (Å²) in [5.74, 6) is 0.917. The molecule has 1 aliphatic rings. The highest BCUT2D eigenvalue weighted by Gasteiger charge is 2.44. The van der Waals surface area contributed by atoms with Crippen molar-refractivity contribution in [1.29, 1.82) is 0 Å². The Morgan fingerprint density at radius 2 is 2.06 bits per heavy atom. The average molecular weight is 282 g/mol. The summed E-state index contributed by atoms with van der Waals surface area (Å²) in [6.07, 6.45) is 3.97. The summed E-state index contributed by atoms with van der Waals surface area (Å²) >= 11 is 3.69. The normalized spacial score (nSPS) is 28.8. The number of hydrogen-bond acceptors (Lipinski definition) is 1. The van der Waals surface area contributed by atoms with Crippen molar-refractivity contribution in [3.05, 3.63) is 34.3 Å². The van der Waals surface area contributed by atoms with Gasteiger partial charge in [-0.1, -0.05) is 47.5 Å². The second-order valence-corrected chi connectivity index (χ2v) is 5.83. The van der Waals surface area contributed by atoms with E-state index in [1.165, 1.54) is 29.3 Å². The van der Waals surface area contributed by atoms with Crippen molar-refractivity contribution in [2.45, 2.75) is 31.6 Å². The fourth-order valence-corrected chi connectivity index (χ4v) is 3.73. The standard InChI is InChI=1S/C14H20BrN/c1-3-11-8-14(9-11,10-16-2)12-6-4-5-7-13(12)15/h4-7,11,16H,3,8-10H2,1-2H3. The molecule has 2 heteroatoms. The lowest BCUT2D eigenvalue weighted by molar-refractivity contribution is 0.135. The molecule has 0 aromatic heterocycles. The Hall–Kier alpha value is -0.340. The Morgan fingerprint density at radius 3 is 2.62 bits per heavy atom. The first-order chi connectivity index (χ1) is 7.72. The van der Waals surface area contributed by atoms with Gasteiger partial charge in [-0.05, 0) is 37.4 Å². The Kier molecular flexibility index (Phi) is 3.70. The Bertz CT molecular complexity index is 356. The lowest BCUT2D eigenvalue weighted by atomic mass is 9.58. The van der Waals surface area contributed by atoms with Crippen LogP contribution in [0, 0.1) is 5.92 Å². The zero-order chi connectivity index (χ0) is 11.6. The quantitative estimate of drug-likeness (QED) is 0.887. The molecule has 1 nitrogen and oxygen atoms in total. The first-order valence-electron chi connectivity index (χ1n) is 6.11. The van der Waals surface area contributed by atoms with Crippen molar-refractivity contribution in [1.82, 2.24) is 5.32 Å². The Balaban J connectivity index is 2.24. The van der Waals surface area contributed by atoms with E-state index in [4.69, 9.17) is 0 Å². The molecule has 2 rings (SSSR count). The smallest absolute Gasteiger partial charge is 0.0213 e. The molecule has 0 heterocycles. The lowest BCUT2D eigenvalue weighted by Crippen LogP contribution is -2.48. The van der Waals surface area contributed by atoms with Gasteiger partial charge < -0.3 is 5.32 Å². The van der Waals surface area contributed by atoms with Crippen LogP contribution in [-0.4, -0.2) is 13.6 Å². The maximum Gasteiger partial charge on any atom is 0.0213 e. The minimum Gasteiger partial charge on any atom is -0.319 e. The predicted molar refractivity (Wildman–Crippen MR) is 72.8 cm³/mol. The van der Waals surface area contributed by atoms with Gasteiger partial charge in [-0.25, -0.2) is 0 Å². The van der Waals surface area contributed by atoms with Gasteiger partial charge in [0.15, 0.2) is 0 Å². The summed E-state index contributed by atoms with van der Waals surface area (Å²) in [6.45, 7) is 3.39. The van der Waals surface area contributed by atoms with Crippen LogP contribution in [0.2, 0.25) is 0 Å². The molecule has 0 saturated heterocycles. The van der Waals surface area contributed by atoms with Gasteiger partial charge >= 0.3 is 0 Å². The van der Waals surface area contributed by atoms with Crippen LogP contribution in [0.5, 0.6) is 0 Å². The van der Waals surface area contributed by atoms with E-state index in [1.807, 2.05) is 0 Å². The van der Waals surface area contributed by atoms with Gasteiger partial charge in [-0.15, -0.1) is 0 Å². The molecule has 1 aromatic carbocycles. The Labute approximate surface area is 107 Å². The molecule has 0 radical (unpaired) electrons. The number of rotatable bonds is 4. The van der Waals surface area contributed by atoms with Crippen molar-refractivity contribution >= 4 is 15.9 Å². The van der Waals surface area contributed by atoms with Gasteiger partial charge in [0.25, 0.3) is 0 Å². The van der Waals surface area contributed by atoms with Crippen molar-refractivity contribution in [2.24, 2.45) is 5.92 Å². The summed E-state index contributed by atoms with van der Waals surface area (Å²) in [5, 5.41) is 3.36. The van der Waals surface area contributed by atoms with Crippen LogP contribution in [0.15, 0.2) is 28.7 Å². The van der Waals surface area contributed by atoms with Gasteiger partial charge in [0.2, 0.25) is 0 Å². The van der Waals surface area contributed by atoms with Gasteiger partial charge in [0, 0.05) is 16.4 Å². The summed E-state index contributed by atoms with van der Waals surface area (Å²) in [4.78, 5) is 0. The van der Waals surface area contributed by atoms with E-state index in [9.17, 15) is 0 Å². The second kappa shape index (κ2) is 4.89. The summed E-state index contributed by atoms with van der Waals surface area (Å²) in [7, 11) is 2.05. The monoisotopic (exact) mass is 281 g/mol. The third-order valence-corrected chi connectivity index (χ3v) is 4.59. The number of halogens is 1. The first-order valence-corrected chi connectivity index (χ1v) is 6.91. The van der Waals surface area contributed by atoms with Crippen LogP contribution < -0.4 is 5.32 Å². The molecule has 0 atom stereocenters. The molecular weight excluding hydrogens is 262 g/mol. The van der Waals surface area contributed by atoms with E-state index in [0.717, 1.165) is 12.5 Å². The van der Waals surface area contributed by atoms with Crippen LogP contribution in [0.25, 0.3) is 0 Å². The van der Waals surface area contributed by atoms with Crippen molar-refractivity contribution in [3.63, 3.8) is 0 Å². The van der Waals surface area contributed by atoms with Gasteiger partial charge in [-0.3, -0.25) is 0 Å². The van der Waals surface area contributed by atoms with Crippen LogP contribution in [0.1, 0.15) is 31.7 Å². The Morgan fingerprint density at radius 1 is 1.38 bits per heavy atom. The molecule has 1 N–H and O–H groups in total. The first kappa shape index (κ1) is 12.1. The zero-order valence-corrected chi connectivity index (χ0v) is 11.7. The summed E-state index contributed by atoms with van der Waals surface area (Å²) in [6, 6.07) is 8.67. The minimum absolute atomic E-state index is 0.371. The molecular formula is C14H20BrN. The van der Waals surface area contributed by atoms with Crippen molar-refractivity contribution < 1.29 is 0 Å². The minimum atomic E-state index is 0.371. The average Bonchev–Trinajstić information content (AvgIpc) is 2.24. The van der Waals surface area contributed by atoms with E-state index in [0.29, 0.717) is 5.41 Å². The molecule has 0 unspecified atom stereocenters. The predicted octanol–water partition coefficient (Wildman–Crippen LogP) is 3.73. The van der Waals surface area contributed by atoms with Crippen molar-refractivity contribution in [2.75, 3.05) is 13.6 Å². The highest BCUT2D eigenvalue weighted by molar-refractivity contribution is 9.10. The van der Waals surface area contributed by atoms with Gasteiger partial charge in [0.1, 0.15) is 0 Å². The van der Waals surface area contributed by atoms with E-state index >= 15 is 0 Å². The highest BCUT2D eigenvalue weighted by Crippen LogP contribution is 2.50. The van der Waals surface area contributed by atoms with Gasteiger partial charge in [-0.2, -0.15) is 0 Å². The number of likely N-dealkylation sites (N-methyl/N-ethyl adjacent to an activating group) is 1. The van der Waals surface area contributed by atoms with Crippen LogP contribution in [0.4, 0.5) is 0 Å². The SMILES string of the molecule is CCC1CC(CNC)(c2ccccc2Br)C1. The maximum atomic E-state index is 3.69. The zero-order valence-electron chi connectivity index (χ0n) is 10.1. The summed E-state index contributed by atoms with van der Waals surface area (Å²) in [5.41, 5.74) is 1.85. The molecule has 16 heavy (non-hydrogen) atoms. The fraction of sp³-hybridized carbons (Fsp3) is 0.571. The molecule has 88 valence electrons. The van der Waals surface area contributed by atoms with E-state index < -0.39 is 0 Å². The molecule has 1 aromatic rings. The number of nitrogens with one attached hydrogen (secondary N) is 1. The topological polar surface area (TPSA) is 12.0 Å². The van der Waals surface area contributed by atoms with Crippen LogP contribution >= 0.6 is 15.9 Å². The largest absolute Gasteiger partial charge is 0.319 e. The highest BCUT2D eigenvalue weighted by atomic mass is 79.9. The third kappa shape index (κ3) is 2.05. The number of hydrogen-bond donors (Lipinski definition) is 1. The number of benzene rings is 1. The fourth-order valence-electron chi connectivity index (χ4n) is 3.02. The molecule has 0 spiro atoms. The lowest BCUT2D eigenvalue weighted by Gasteiger charge is -2.48. The van der Waals surface area contributed by atoms with E-state index in [1.54, 1.807) is 0 Å². The maximum absolute atomic E-state index is 3.69. The molecule has 0 aliphatic heterocycles. The molecule has 1 aliphatic carbocycles. The van der Waals surface area contributed by atoms with E-state index in [-0.39, 0.29) is 0 Å². The van der Waals surface area contributed by atoms with Crippen LogP contribution in [-0.2, 0) is 5.41 Å². The van der Waals surface area contributed by atoms with Gasteiger partial charge in [0.05, 0.1) is 0 Å². The third-order valence-electron chi connectivity index (χ3n) is 3.90. The second-order valence-electron chi connectivity index (χ2n) is 4.97. The van der Waals surface area contributed by atoms with E-state index in [2.05, 4.69) is 59.5 Å². The summed E-state index contributed by atoms with van der Waals surface area (Å²) < 4.78 is 1.26. The molecule has 0 amide bonds. The molecule has 1 saturated carbocycles.